The summed E-state index contributed by atoms with van der Waals surface area (Å²) in [6.45, 7) is -0.277. The number of hydrogen-bond acceptors (Lipinski definition) is 8. The van der Waals surface area contributed by atoms with Crippen LogP contribution in [-0.4, -0.2) is 48.2 Å². The zero-order valence-electron chi connectivity index (χ0n) is 18.8. The molecule has 178 valence electrons. The Labute approximate surface area is 197 Å². The van der Waals surface area contributed by atoms with Crippen LogP contribution in [0.1, 0.15) is 17.2 Å². The topological polar surface area (TPSA) is 115 Å². The molecule has 0 saturated carbocycles. The van der Waals surface area contributed by atoms with E-state index in [-0.39, 0.29) is 23.9 Å². The van der Waals surface area contributed by atoms with Crippen LogP contribution in [0.15, 0.2) is 72.8 Å². The monoisotopic (exact) mass is 466 g/mol. The summed E-state index contributed by atoms with van der Waals surface area (Å²) in [4.78, 5) is 12.3. The van der Waals surface area contributed by atoms with Gasteiger partial charge in [-0.05, 0) is 53.6 Å². The van der Waals surface area contributed by atoms with E-state index in [4.69, 9.17) is 18.9 Å². The summed E-state index contributed by atoms with van der Waals surface area (Å²) in [6.07, 6.45) is 0.548. The molecule has 3 rings (SSSR count). The van der Waals surface area contributed by atoms with Crippen molar-refractivity contribution >= 4 is 12.0 Å². The molecule has 3 aromatic carbocycles. The predicted octanol–water partition coefficient (Wildman–Crippen LogP) is 3.85. The van der Waals surface area contributed by atoms with E-state index < -0.39 is 18.2 Å². The fourth-order valence-corrected chi connectivity index (χ4v) is 3.12. The summed E-state index contributed by atoms with van der Waals surface area (Å²) >= 11 is 0. The zero-order chi connectivity index (χ0) is 24.5. The van der Waals surface area contributed by atoms with Gasteiger partial charge in [0.2, 0.25) is 0 Å². The summed E-state index contributed by atoms with van der Waals surface area (Å²) < 4.78 is 21.7. The van der Waals surface area contributed by atoms with Gasteiger partial charge in [-0.1, -0.05) is 30.3 Å². The third-order valence-electron chi connectivity index (χ3n) is 4.94. The molecule has 8 nitrogen and oxygen atoms in total. The van der Waals surface area contributed by atoms with Gasteiger partial charge in [0.25, 0.3) is 0 Å². The molecule has 0 radical (unpaired) electrons. The van der Waals surface area contributed by atoms with Crippen molar-refractivity contribution in [1.82, 2.24) is 0 Å². The Morgan fingerprint density at radius 2 is 1.59 bits per heavy atom. The highest BCUT2D eigenvalue weighted by molar-refractivity contribution is 5.87. The maximum atomic E-state index is 12.3. The van der Waals surface area contributed by atoms with E-state index in [0.717, 1.165) is 0 Å². The number of rotatable bonds is 10. The maximum absolute atomic E-state index is 12.3. The van der Waals surface area contributed by atoms with E-state index >= 15 is 0 Å². The summed E-state index contributed by atoms with van der Waals surface area (Å²) in [5, 5.41) is 30.2. The number of methoxy groups -OCH3 is 2. The standard InChI is InChI=1S/C26H26O8/c1-31-21-5-3-4-6-22(21)34-24(26(30)18-10-13-20(28)23(15-18)32-2)16-33-25(29)14-9-17-7-11-19(27)12-8-17/h3-15,24,26-28,30H,16H2,1-2H3/b14-9+. The third-order valence-corrected chi connectivity index (χ3v) is 4.94. The first-order chi connectivity index (χ1) is 16.4. The quantitative estimate of drug-likeness (QED) is 0.305. The van der Waals surface area contributed by atoms with Crippen LogP contribution in [0, 0.1) is 0 Å². The molecule has 0 aliphatic heterocycles. The molecule has 0 aliphatic rings. The first-order valence-electron chi connectivity index (χ1n) is 10.4. The van der Waals surface area contributed by atoms with Crippen molar-refractivity contribution < 1.29 is 39.1 Å². The molecule has 8 heteroatoms. The maximum Gasteiger partial charge on any atom is 0.330 e. The van der Waals surface area contributed by atoms with Crippen molar-refractivity contribution in [2.24, 2.45) is 0 Å². The minimum absolute atomic E-state index is 0.0774. The first-order valence-corrected chi connectivity index (χ1v) is 10.4. The Morgan fingerprint density at radius 3 is 2.26 bits per heavy atom. The van der Waals surface area contributed by atoms with Gasteiger partial charge in [0.15, 0.2) is 29.1 Å². The molecule has 0 bridgehead atoms. The van der Waals surface area contributed by atoms with E-state index in [1.54, 1.807) is 42.5 Å². The number of phenols is 2. The lowest BCUT2D eigenvalue weighted by Crippen LogP contribution is -2.31. The van der Waals surface area contributed by atoms with Gasteiger partial charge in [-0.3, -0.25) is 0 Å². The summed E-state index contributed by atoms with van der Waals surface area (Å²) in [7, 11) is 2.89. The number of esters is 1. The molecular formula is C26H26O8. The van der Waals surface area contributed by atoms with Gasteiger partial charge in [0, 0.05) is 6.08 Å². The van der Waals surface area contributed by atoms with Gasteiger partial charge < -0.3 is 34.3 Å². The molecule has 0 amide bonds. The van der Waals surface area contributed by atoms with Crippen molar-refractivity contribution in [2.45, 2.75) is 12.2 Å². The second-order valence-electron chi connectivity index (χ2n) is 7.24. The number of aliphatic hydroxyl groups is 1. The van der Waals surface area contributed by atoms with Gasteiger partial charge >= 0.3 is 5.97 Å². The lowest BCUT2D eigenvalue weighted by Gasteiger charge is -2.25. The van der Waals surface area contributed by atoms with Crippen molar-refractivity contribution in [3.8, 4) is 28.7 Å². The van der Waals surface area contributed by atoms with Crippen LogP contribution in [-0.2, 0) is 9.53 Å². The lowest BCUT2D eigenvalue weighted by atomic mass is 10.0. The average Bonchev–Trinajstić information content (AvgIpc) is 2.86. The van der Waals surface area contributed by atoms with Gasteiger partial charge in [-0.25, -0.2) is 4.79 Å². The Kier molecular flexibility index (Phi) is 8.37. The van der Waals surface area contributed by atoms with Gasteiger partial charge in [0.1, 0.15) is 18.5 Å². The minimum Gasteiger partial charge on any atom is -0.508 e. The largest absolute Gasteiger partial charge is 0.508 e. The van der Waals surface area contributed by atoms with Crippen LogP contribution in [0.5, 0.6) is 28.7 Å². The molecule has 0 aromatic heterocycles. The van der Waals surface area contributed by atoms with E-state index in [2.05, 4.69) is 0 Å². The van der Waals surface area contributed by atoms with Crippen LogP contribution in [0.3, 0.4) is 0 Å². The number of hydrogen-bond donors (Lipinski definition) is 3. The average molecular weight is 466 g/mol. The van der Waals surface area contributed by atoms with Crippen molar-refractivity contribution in [2.75, 3.05) is 20.8 Å². The Hall–Kier alpha value is -4.17. The van der Waals surface area contributed by atoms with Gasteiger partial charge in [-0.2, -0.15) is 0 Å². The Bertz CT molecular complexity index is 1120. The lowest BCUT2D eigenvalue weighted by molar-refractivity contribution is -0.142. The van der Waals surface area contributed by atoms with Crippen molar-refractivity contribution in [1.29, 1.82) is 0 Å². The highest BCUT2D eigenvalue weighted by Gasteiger charge is 2.26. The highest BCUT2D eigenvalue weighted by atomic mass is 16.6. The van der Waals surface area contributed by atoms with Crippen molar-refractivity contribution in [3.63, 3.8) is 0 Å². The van der Waals surface area contributed by atoms with Crippen LogP contribution in [0.25, 0.3) is 6.08 Å². The molecule has 0 saturated heterocycles. The number of benzene rings is 3. The number of aromatic hydroxyl groups is 2. The number of para-hydroxylation sites is 2. The molecule has 0 fully saturated rings. The number of aliphatic hydroxyl groups excluding tert-OH is 1. The second kappa shape index (κ2) is 11.6. The molecule has 34 heavy (non-hydrogen) atoms. The van der Waals surface area contributed by atoms with Crippen LogP contribution >= 0.6 is 0 Å². The van der Waals surface area contributed by atoms with E-state index in [1.807, 2.05) is 0 Å². The third kappa shape index (κ3) is 6.43. The molecule has 0 aliphatic carbocycles. The first kappa shape index (κ1) is 24.5. The SMILES string of the molecule is COc1cc(C(O)C(COC(=O)/C=C/c2ccc(O)cc2)Oc2ccccc2OC)ccc1O. The highest BCUT2D eigenvalue weighted by Crippen LogP contribution is 2.33. The van der Waals surface area contributed by atoms with Crippen LogP contribution < -0.4 is 14.2 Å². The number of carbonyl (C=O) groups is 1. The van der Waals surface area contributed by atoms with Gasteiger partial charge in [-0.15, -0.1) is 0 Å². The Morgan fingerprint density at radius 1 is 0.912 bits per heavy atom. The molecule has 3 N–H and O–H groups in total. The van der Waals surface area contributed by atoms with Gasteiger partial charge in [0.05, 0.1) is 14.2 Å². The van der Waals surface area contributed by atoms with Crippen LogP contribution in [0.4, 0.5) is 0 Å². The molecule has 2 atom stereocenters. The second-order valence-corrected chi connectivity index (χ2v) is 7.24. The van der Waals surface area contributed by atoms with E-state index in [0.29, 0.717) is 22.6 Å². The number of ether oxygens (including phenoxy) is 4. The van der Waals surface area contributed by atoms with Crippen LogP contribution in [0.2, 0.25) is 0 Å². The molecule has 2 unspecified atom stereocenters. The normalized spacial score (nSPS) is 12.7. The fraction of sp³-hybridized carbons (Fsp3) is 0.192. The zero-order valence-corrected chi connectivity index (χ0v) is 18.8. The summed E-state index contributed by atoms with van der Waals surface area (Å²) in [5.74, 6) is 0.387. The molecule has 3 aromatic rings. The molecule has 0 spiro atoms. The summed E-state index contributed by atoms with van der Waals surface area (Å²) in [6, 6.07) is 17.6. The molecule has 0 heterocycles. The summed E-state index contributed by atoms with van der Waals surface area (Å²) in [5.41, 5.74) is 1.10. The minimum atomic E-state index is -1.23. The smallest absolute Gasteiger partial charge is 0.330 e. The Balaban J connectivity index is 1.78. The fourth-order valence-electron chi connectivity index (χ4n) is 3.12. The predicted molar refractivity (Wildman–Crippen MR) is 125 cm³/mol. The van der Waals surface area contributed by atoms with Crippen molar-refractivity contribution in [3.05, 3.63) is 83.9 Å². The van der Waals surface area contributed by atoms with E-state index in [1.165, 1.54) is 50.6 Å². The number of phenolic OH excluding ortho intramolecular Hbond substituents is 2. The van der Waals surface area contributed by atoms with E-state index in [9.17, 15) is 20.1 Å². The molecular weight excluding hydrogens is 440 g/mol. The number of carbonyl (C=O) groups excluding carboxylic acids is 1.